The van der Waals surface area contributed by atoms with Crippen LogP contribution in [0.4, 0.5) is 0 Å². The number of benzene rings is 3. The van der Waals surface area contributed by atoms with Gasteiger partial charge in [-0.1, -0.05) is 18.2 Å². The molecule has 0 fully saturated rings. The van der Waals surface area contributed by atoms with Crippen molar-refractivity contribution in [2.75, 3.05) is 13.9 Å². The van der Waals surface area contributed by atoms with E-state index in [1.807, 2.05) is 43.3 Å². The molecule has 0 aromatic heterocycles. The van der Waals surface area contributed by atoms with Crippen LogP contribution in [0.2, 0.25) is 0 Å². The summed E-state index contributed by atoms with van der Waals surface area (Å²) in [5, 5.41) is 6.38. The number of amides is 1. The van der Waals surface area contributed by atoms with Crippen LogP contribution in [0.25, 0.3) is 10.8 Å². The third-order valence-electron chi connectivity index (χ3n) is 4.43. The van der Waals surface area contributed by atoms with Crippen LogP contribution in [0.3, 0.4) is 0 Å². The Labute approximate surface area is 156 Å². The van der Waals surface area contributed by atoms with Crippen LogP contribution in [-0.2, 0) is 0 Å². The molecule has 0 unspecified atom stereocenters. The quantitative estimate of drug-likeness (QED) is 0.567. The van der Waals surface area contributed by atoms with Crippen LogP contribution in [0, 0.1) is 0 Å². The number of hydrogen-bond acceptors (Lipinski definition) is 5. The van der Waals surface area contributed by atoms with Gasteiger partial charge in [0.2, 0.25) is 6.79 Å². The molecule has 1 heterocycles. The molecule has 0 atom stereocenters. The number of rotatable bonds is 4. The minimum Gasteiger partial charge on any atom is -0.497 e. The first kappa shape index (κ1) is 16.9. The fraction of sp³-hybridized carbons (Fsp3) is 0.143. The molecule has 4 rings (SSSR count). The summed E-state index contributed by atoms with van der Waals surface area (Å²) in [4.78, 5) is 12.3. The minimum absolute atomic E-state index is 0.172. The smallest absolute Gasteiger partial charge is 0.271 e. The Morgan fingerprint density at radius 1 is 0.963 bits per heavy atom. The SMILES string of the molecule is COc1ccc2cc(/C(C)=N\NC(=O)c3ccc4c(c3)OCO4)ccc2c1. The van der Waals surface area contributed by atoms with Crippen molar-refractivity contribution < 1.29 is 19.0 Å². The molecule has 0 aliphatic carbocycles. The van der Waals surface area contributed by atoms with Crippen molar-refractivity contribution in [1.29, 1.82) is 0 Å². The molecule has 6 nitrogen and oxygen atoms in total. The van der Waals surface area contributed by atoms with Crippen molar-refractivity contribution in [3.63, 3.8) is 0 Å². The second-order valence-electron chi connectivity index (χ2n) is 6.13. The molecule has 0 radical (unpaired) electrons. The van der Waals surface area contributed by atoms with Crippen LogP contribution >= 0.6 is 0 Å². The maximum absolute atomic E-state index is 12.3. The fourth-order valence-corrected chi connectivity index (χ4v) is 2.88. The third-order valence-corrected chi connectivity index (χ3v) is 4.43. The number of nitrogens with one attached hydrogen (secondary N) is 1. The lowest BCUT2D eigenvalue weighted by atomic mass is 10.0. The molecular weight excluding hydrogens is 344 g/mol. The van der Waals surface area contributed by atoms with Crippen molar-refractivity contribution in [1.82, 2.24) is 5.43 Å². The topological polar surface area (TPSA) is 69.2 Å². The predicted molar refractivity (Wildman–Crippen MR) is 103 cm³/mol. The number of carbonyl (C=O) groups is 1. The molecule has 1 aliphatic heterocycles. The highest BCUT2D eigenvalue weighted by Crippen LogP contribution is 2.32. The standard InChI is InChI=1S/C21H18N2O4/c1-13(14-3-4-16-10-18(25-2)7-5-15(16)9-14)22-23-21(24)17-6-8-19-20(11-17)27-12-26-19/h3-11H,12H2,1-2H3,(H,23,24)/b22-13-. The summed E-state index contributed by atoms with van der Waals surface area (Å²) in [7, 11) is 1.65. The highest BCUT2D eigenvalue weighted by Gasteiger charge is 2.16. The van der Waals surface area contributed by atoms with Gasteiger partial charge in [-0.25, -0.2) is 5.43 Å². The van der Waals surface area contributed by atoms with Crippen molar-refractivity contribution in [2.24, 2.45) is 5.10 Å². The molecule has 136 valence electrons. The highest BCUT2D eigenvalue weighted by atomic mass is 16.7. The van der Waals surface area contributed by atoms with Gasteiger partial charge in [-0.05, 0) is 59.7 Å². The van der Waals surface area contributed by atoms with Crippen molar-refractivity contribution in [3.05, 3.63) is 65.7 Å². The van der Waals surface area contributed by atoms with Gasteiger partial charge < -0.3 is 14.2 Å². The van der Waals surface area contributed by atoms with Gasteiger partial charge >= 0.3 is 0 Å². The molecule has 0 saturated heterocycles. The second-order valence-corrected chi connectivity index (χ2v) is 6.13. The summed E-state index contributed by atoms with van der Waals surface area (Å²) in [6, 6.07) is 16.9. The Morgan fingerprint density at radius 3 is 2.56 bits per heavy atom. The largest absolute Gasteiger partial charge is 0.497 e. The van der Waals surface area contributed by atoms with E-state index in [9.17, 15) is 4.79 Å². The number of carbonyl (C=O) groups excluding carboxylic acids is 1. The van der Waals surface area contributed by atoms with Crippen LogP contribution < -0.4 is 19.6 Å². The fourth-order valence-electron chi connectivity index (χ4n) is 2.88. The first-order valence-corrected chi connectivity index (χ1v) is 8.46. The molecule has 1 aliphatic rings. The van der Waals surface area contributed by atoms with Crippen LogP contribution in [0.5, 0.6) is 17.2 Å². The lowest BCUT2D eigenvalue weighted by Gasteiger charge is -2.06. The van der Waals surface area contributed by atoms with Gasteiger partial charge in [0.1, 0.15) is 5.75 Å². The van der Waals surface area contributed by atoms with Crippen LogP contribution in [-0.4, -0.2) is 25.5 Å². The molecule has 3 aromatic carbocycles. The van der Waals surface area contributed by atoms with Crippen molar-refractivity contribution >= 4 is 22.4 Å². The Bertz CT molecular complexity index is 1060. The van der Waals surface area contributed by atoms with Gasteiger partial charge in [-0.2, -0.15) is 5.10 Å². The number of hydrogen-bond donors (Lipinski definition) is 1. The maximum Gasteiger partial charge on any atom is 0.271 e. The predicted octanol–water partition coefficient (Wildman–Crippen LogP) is 3.73. The molecule has 0 saturated carbocycles. The van der Waals surface area contributed by atoms with Gasteiger partial charge in [-0.3, -0.25) is 4.79 Å². The number of nitrogens with zero attached hydrogens (tertiary/aromatic N) is 1. The molecule has 6 heteroatoms. The molecular formula is C21H18N2O4. The van der Waals surface area contributed by atoms with E-state index in [0.29, 0.717) is 22.8 Å². The molecule has 0 spiro atoms. The molecule has 27 heavy (non-hydrogen) atoms. The number of ether oxygens (including phenoxy) is 3. The summed E-state index contributed by atoms with van der Waals surface area (Å²) in [6.07, 6.45) is 0. The minimum atomic E-state index is -0.307. The summed E-state index contributed by atoms with van der Waals surface area (Å²) in [5.74, 6) is 1.71. The van der Waals surface area contributed by atoms with Crippen LogP contribution in [0.1, 0.15) is 22.8 Å². The number of fused-ring (bicyclic) bond motifs is 2. The lowest BCUT2D eigenvalue weighted by Crippen LogP contribution is -2.19. The lowest BCUT2D eigenvalue weighted by molar-refractivity contribution is 0.0954. The Hall–Kier alpha value is -3.54. The van der Waals surface area contributed by atoms with E-state index in [4.69, 9.17) is 14.2 Å². The Kier molecular flexibility index (Phi) is 4.38. The average molecular weight is 362 g/mol. The zero-order valence-corrected chi connectivity index (χ0v) is 15.0. The Morgan fingerprint density at radius 2 is 1.70 bits per heavy atom. The van der Waals surface area contributed by atoms with Gasteiger partial charge in [0.15, 0.2) is 11.5 Å². The molecule has 1 amide bonds. The van der Waals surface area contributed by atoms with E-state index in [-0.39, 0.29) is 12.7 Å². The normalized spacial score (nSPS) is 12.9. The molecule has 3 aromatic rings. The van der Waals surface area contributed by atoms with Crippen LogP contribution in [0.15, 0.2) is 59.7 Å². The molecule has 0 bridgehead atoms. The van der Waals surface area contributed by atoms with E-state index in [1.54, 1.807) is 25.3 Å². The van der Waals surface area contributed by atoms with Gasteiger partial charge in [-0.15, -0.1) is 0 Å². The highest BCUT2D eigenvalue weighted by molar-refractivity contribution is 6.03. The van der Waals surface area contributed by atoms with Gasteiger partial charge in [0.25, 0.3) is 5.91 Å². The van der Waals surface area contributed by atoms with Gasteiger partial charge in [0, 0.05) is 5.56 Å². The first-order valence-electron chi connectivity index (χ1n) is 8.46. The van der Waals surface area contributed by atoms with Crippen molar-refractivity contribution in [2.45, 2.75) is 6.92 Å². The number of hydrazone groups is 1. The summed E-state index contributed by atoms with van der Waals surface area (Å²) < 4.78 is 15.8. The summed E-state index contributed by atoms with van der Waals surface area (Å²) >= 11 is 0. The van der Waals surface area contributed by atoms with E-state index < -0.39 is 0 Å². The van der Waals surface area contributed by atoms with Gasteiger partial charge in [0.05, 0.1) is 12.8 Å². The monoisotopic (exact) mass is 362 g/mol. The van der Waals surface area contributed by atoms with E-state index in [1.165, 1.54) is 0 Å². The summed E-state index contributed by atoms with van der Waals surface area (Å²) in [5.41, 5.74) is 4.69. The summed E-state index contributed by atoms with van der Waals surface area (Å²) in [6.45, 7) is 2.02. The second kappa shape index (κ2) is 6.99. The zero-order chi connectivity index (χ0) is 18.8. The first-order chi connectivity index (χ1) is 13.1. The average Bonchev–Trinajstić information content (AvgIpc) is 3.18. The van der Waals surface area contributed by atoms with E-state index in [2.05, 4.69) is 10.5 Å². The third kappa shape index (κ3) is 3.42. The maximum atomic E-state index is 12.3. The molecule has 1 N–H and O–H groups in total. The van der Waals surface area contributed by atoms with E-state index >= 15 is 0 Å². The zero-order valence-electron chi connectivity index (χ0n) is 15.0. The number of methoxy groups -OCH3 is 1. The Balaban J connectivity index is 1.51. The van der Waals surface area contributed by atoms with Crippen molar-refractivity contribution in [3.8, 4) is 17.2 Å². The van der Waals surface area contributed by atoms with E-state index in [0.717, 1.165) is 22.1 Å².